The lowest BCUT2D eigenvalue weighted by Gasteiger charge is -1.94. The van der Waals surface area contributed by atoms with Crippen LogP contribution in [0.1, 0.15) is 26.2 Å². The van der Waals surface area contributed by atoms with Crippen LogP contribution in [0.2, 0.25) is 0 Å². The van der Waals surface area contributed by atoms with Crippen molar-refractivity contribution in [2.75, 3.05) is 6.61 Å². The molecule has 0 fully saturated rings. The highest BCUT2D eigenvalue weighted by Gasteiger charge is 1.79. The molecule has 42 valence electrons. The van der Waals surface area contributed by atoms with Gasteiger partial charge in [0.05, 0.1) is 0 Å². The van der Waals surface area contributed by atoms with Crippen molar-refractivity contribution in [2.24, 2.45) is 0 Å². The fraction of sp³-hybridized carbons (Fsp3) is 1.00. The van der Waals surface area contributed by atoms with Crippen LogP contribution in [0.3, 0.4) is 0 Å². The Morgan fingerprint density at radius 3 is 2.57 bits per heavy atom. The van der Waals surface area contributed by atoms with Crippen LogP contribution in [0.15, 0.2) is 0 Å². The maximum absolute atomic E-state index is 4.98. The summed E-state index contributed by atoms with van der Waals surface area (Å²) in [5, 5.41) is 0. The minimum Gasteiger partial charge on any atom is -0.506 e. The molecular formula is C5H13AlO. The van der Waals surface area contributed by atoms with Gasteiger partial charge in [-0.05, 0) is 6.42 Å². The summed E-state index contributed by atoms with van der Waals surface area (Å²) < 4.78 is 4.98. The van der Waals surface area contributed by atoms with E-state index in [9.17, 15) is 0 Å². The molecule has 0 aliphatic heterocycles. The van der Waals surface area contributed by atoms with E-state index in [1.165, 1.54) is 19.3 Å². The maximum Gasteiger partial charge on any atom is 0.410 e. The Kier molecular flexibility index (Phi) is 6.95. The van der Waals surface area contributed by atoms with E-state index >= 15 is 0 Å². The normalized spacial score (nSPS) is 9.29. The minimum absolute atomic E-state index is 0.906. The lowest BCUT2D eigenvalue weighted by molar-refractivity contribution is 0.335. The Morgan fingerprint density at radius 2 is 2.14 bits per heavy atom. The van der Waals surface area contributed by atoms with Gasteiger partial charge in [0.1, 0.15) is 0 Å². The van der Waals surface area contributed by atoms with Gasteiger partial charge in [0.25, 0.3) is 0 Å². The summed E-state index contributed by atoms with van der Waals surface area (Å²) in [5.74, 6) is 0. The van der Waals surface area contributed by atoms with Crippen molar-refractivity contribution in [3.05, 3.63) is 0 Å². The third-order valence-electron chi connectivity index (χ3n) is 0.952. The molecule has 0 rings (SSSR count). The lowest BCUT2D eigenvalue weighted by Crippen LogP contribution is -1.87. The zero-order valence-corrected chi connectivity index (χ0v) is 7.24. The summed E-state index contributed by atoms with van der Waals surface area (Å²) in [7, 11) is 0. The third kappa shape index (κ3) is 6.49. The molecule has 0 amide bonds. The molecule has 0 aromatic heterocycles. The van der Waals surface area contributed by atoms with E-state index in [1.54, 1.807) is 0 Å². The van der Waals surface area contributed by atoms with Crippen molar-refractivity contribution < 1.29 is 3.79 Å². The Bertz CT molecular complexity index is 27.3. The number of hydrogen-bond donors (Lipinski definition) is 0. The van der Waals surface area contributed by atoms with Crippen LogP contribution >= 0.6 is 0 Å². The molecular weight excluding hydrogens is 103 g/mol. The van der Waals surface area contributed by atoms with E-state index in [-0.39, 0.29) is 0 Å². The average Bonchev–Trinajstić information content (AvgIpc) is 1.69. The summed E-state index contributed by atoms with van der Waals surface area (Å²) in [6.45, 7) is 3.19. The first kappa shape index (κ1) is 7.49. The van der Waals surface area contributed by atoms with Crippen LogP contribution in [-0.4, -0.2) is 23.2 Å². The van der Waals surface area contributed by atoms with Crippen molar-refractivity contribution in [3.8, 4) is 0 Å². The molecule has 7 heavy (non-hydrogen) atoms. The summed E-state index contributed by atoms with van der Waals surface area (Å²) in [4.78, 5) is 0. The smallest absolute Gasteiger partial charge is 0.410 e. The summed E-state index contributed by atoms with van der Waals surface area (Å²) in [5.41, 5.74) is 0. The Labute approximate surface area is 53.8 Å². The molecule has 0 radical (unpaired) electrons. The van der Waals surface area contributed by atoms with Crippen LogP contribution in [0, 0.1) is 0 Å². The zero-order chi connectivity index (χ0) is 5.54. The molecule has 2 heteroatoms. The predicted molar refractivity (Wildman–Crippen MR) is 34.0 cm³/mol. The lowest BCUT2D eigenvalue weighted by atomic mass is 10.3. The number of rotatable bonds is 4. The molecule has 0 atom stereocenters. The van der Waals surface area contributed by atoms with Gasteiger partial charge in [0, 0.05) is 6.61 Å². The van der Waals surface area contributed by atoms with Crippen molar-refractivity contribution in [1.82, 2.24) is 0 Å². The summed E-state index contributed by atoms with van der Waals surface area (Å²) in [6.07, 6.45) is 3.87. The summed E-state index contributed by atoms with van der Waals surface area (Å²) >= 11 is 0.906. The van der Waals surface area contributed by atoms with Gasteiger partial charge in [-0.3, -0.25) is 0 Å². The Balaban J connectivity index is 2.45. The fourth-order valence-electron chi connectivity index (χ4n) is 0.496. The standard InChI is InChI=1S/C5H11O.Al.2H/c1-2-3-4-5-6;;;/h2-5H2,1H3;;;/q-1;+1;;. The first-order valence-electron chi connectivity index (χ1n) is 2.90. The Morgan fingerprint density at radius 1 is 1.43 bits per heavy atom. The van der Waals surface area contributed by atoms with E-state index in [2.05, 4.69) is 6.92 Å². The van der Waals surface area contributed by atoms with Crippen LogP contribution in [0.4, 0.5) is 0 Å². The number of unbranched alkanes of at least 4 members (excludes halogenated alkanes) is 2. The van der Waals surface area contributed by atoms with Crippen molar-refractivity contribution >= 4 is 16.6 Å². The quantitative estimate of drug-likeness (QED) is 0.389. The highest BCUT2D eigenvalue weighted by molar-refractivity contribution is 5.97. The number of hydrogen-bond acceptors (Lipinski definition) is 1. The third-order valence-corrected chi connectivity index (χ3v) is 1.36. The minimum atomic E-state index is 0.906. The average molecular weight is 116 g/mol. The van der Waals surface area contributed by atoms with Gasteiger partial charge < -0.3 is 3.79 Å². The topological polar surface area (TPSA) is 9.23 Å². The predicted octanol–water partition coefficient (Wildman–Crippen LogP) is 0.741. The van der Waals surface area contributed by atoms with Crippen molar-refractivity contribution in [2.45, 2.75) is 26.2 Å². The van der Waals surface area contributed by atoms with E-state index in [4.69, 9.17) is 3.79 Å². The van der Waals surface area contributed by atoms with Gasteiger partial charge in [-0.25, -0.2) is 0 Å². The van der Waals surface area contributed by atoms with Crippen LogP contribution < -0.4 is 0 Å². The van der Waals surface area contributed by atoms with Crippen LogP contribution in [-0.2, 0) is 3.79 Å². The van der Waals surface area contributed by atoms with Gasteiger partial charge >= 0.3 is 16.6 Å². The Hall–Kier alpha value is 0.492. The first-order valence-corrected chi connectivity index (χ1v) is 3.72. The molecule has 0 bridgehead atoms. The molecule has 0 aromatic carbocycles. The van der Waals surface area contributed by atoms with Gasteiger partial charge in [-0.2, -0.15) is 0 Å². The summed E-state index contributed by atoms with van der Waals surface area (Å²) in [6, 6.07) is 0. The second-order valence-corrected chi connectivity index (χ2v) is 2.28. The molecule has 0 aromatic rings. The fourth-order valence-corrected chi connectivity index (χ4v) is 0.785. The molecule has 0 aliphatic rings. The zero-order valence-electron chi connectivity index (χ0n) is 5.24. The molecule has 1 nitrogen and oxygen atoms in total. The van der Waals surface area contributed by atoms with E-state index in [0.29, 0.717) is 0 Å². The van der Waals surface area contributed by atoms with E-state index in [1.807, 2.05) is 0 Å². The maximum atomic E-state index is 4.98. The molecule has 0 saturated carbocycles. The van der Waals surface area contributed by atoms with Gasteiger partial charge in [-0.15, -0.1) is 0 Å². The van der Waals surface area contributed by atoms with Gasteiger partial charge in [0.2, 0.25) is 0 Å². The molecule has 0 unspecified atom stereocenters. The second kappa shape index (κ2) is 6.49. The molecule has 0 heterocycles. The molecule has 0 saturated heterocycles. The molecule has 0 spiro atoms. The monoisotopic (exact) mass is 116 g/mol. The second-order valence-electron chi connectivity index (χ2n) is 1.70. The van der Waals surface area contributed by atoms with E-state index in [0.717, 1.165) is 23.2 Å². The largest absolute Gasteiger partial charge is 0.506 e. The molecule has 0 N–H and O–H groups in total. The molecule has 0 aliphatic carbocycles. The van der Waals surface area contributed by atoms with Gasteiger partial charge in [0.15, 0.2) is 0 Å². The highest BCUT2D eigenvalue weighted by atomic mass is 27.1. The van der Waals surface area contributed by atoms with Crippen LogP contribution in [0.5, 0.6) is 0 Å². The van der Waals surface area contributed by atoms with Crippen molar-refractivity contribution in [1.29, 1.82) is 0 Å². The van der Waals surface area contributed by atoms with Crippen LogP contribution in [0.25, 0.3) is 0 Å². The first-order chi connectivity index (χ1) is 3.41. The van der Waals surface area contributed by atoms with E-state index < -0.39 is 0 Å². The SMILES string of the molecule is CCCCC[O][AlH2]. The van der Waals surface area contributed by atoms with Gasteiger partial charge in [-0.1, -0.05) is 19.8 Å². The highest BCUT2D eigenvalue weighted by Crippen LogP contribution is 1.91. The van der Waals surface area contributed by atoms with Crippen molar-refractivity contribution in [3.63, 3.8) is 0 Å².